The lowest BCUT2D eigenvalue weighted by atomic mass is 10.00. The van der Waals surface area contributed by atoms with Gasteiger partial charge in [0.05, 0.1) is 12.6 Å². The smallest absolute Gasteiger partial charge is 0.243 e. The van der Waals surface area contributed by atoms with E-state index in [1.165, 1.54) is 12.1 Å². The fourth-order valence-corrected chi connectivity index (χ4v) is 4.34. The first-order valence-corrected chi connectivity index (χ1v) is 13.0. The highest BCUT2D eigenvalue weighted by Gasteiger charge is 2.25. The second-order valence-electron chi connectivity index (χ2n) is 9.82. The van der Waals surface area contributed by atoms with E-state index in [1.54, 1.807) is 19.2 Å². The Morgan fingerprint density at radius 2 is 1.76 bits per heavy atom. The number of ether oxygens (including phenoxy) is 1. The first kappa shape index (κ1) is 29.1. The molecular weight excluding hydrogens is 489 g/mol. The third kappa shape index (κ3) is 9.11. The maximum atomic E-state index is 13.8. The van der Waals surface area contributed by atoms with Crippen LogP contribution < -0.4 is 31.3 Å². The monoisotopic (exact) mass is 527 g/mol. The van der Waals surface area contributed by atoms with E-state index >= 15 is 0 Å². The number of hydrogen-bond donors (Lipinski definition) is 5. The Balaban J connectivity index is 1.83. The molecule has 0 spiro atoms. The summed E-state index contributed by atoms with van der Waals surface area (Å²) in [5.74, 6) is -0.737. The molecule has 38 heavy (non-hydrogen) atoms. The van der Waals surface area contributed by atoms with Gasteiger partial charge in [-0.05, 0) is 62.1 Å². The lowest BCUT2D eigenvalue weighted by Crippen LogP contribution is -2.55. The van der Waals surface area contributed by atoms with Gasteiger partial charge in [0.1, 0.15) is 24.2 Å². The van der Waals surface area contributed by atoms with E-state index in [-0.39, 0.29) is 37.4 Å². The van der Waals surface area contributed by atoms with Crippen LogP contribution >= 0.6 is 0 Å². The number of para-hydroxylation sites is 1. The Hall–Kier alpha value is -3.50. The standard InChI is InChI=1S/C28H38FN5O4/c1-18-11-21-8-4-5-10-25(21)38-17-19(2)33-23(13-20-7-6-9-22(29)12-20)27(36)32-16-26(35)34-24(15-30-3)28(37)31-14-18/h4-10,12,18-19,23-24,30,33H,11,13-17H2,1-3H3,(H,31,37)(H,32,36)(H,34,35)/t18-,19-,23+,24-/m0/s1. The molecule has 1 heterocycles. The Bertz CT molecular complexity index is 1100. The number of carbonyl (C=O) groups is 3. The summed E-state index contributed by atoms with van der Waals surface area (Å²) in [5, 5.41) is 14.4. The number of halogens is 1. The molecule has 0 aromatic heterocycles. The molecule has 0 radical (unpaired) electrons. The highest BCUT2D eigenvalue weighted by molar-refractivity contribution is 5.91. The summed E-state index contributed by atoms with van der Waals surface area (Å²) >= 11 is 0. The fraction of sp³-hybridized carbons (Fsp3) is 0.464. The van der Waals surface area contributed by atoms with Crippen molar-refractivity contribution in [3.8, 4) is 5.75 Å². The van der Waals surface area contributed by atoms with Crippen molar-refractivity contribution in [1.82, 2.24) is 26.6 Å². The van der Waals surface area contributed by atoms with Crippen molar-refractivity contribution in [1.29, 1.82) is 0 Å². The highest BCUT2D eigenvalue weighted by Crippen LogP contribution is 2.21. The zero-order chi connectivity index (χ0) is 27.5. The van der Waals surface area contributed by atoms with Gasteiger partial charge in [-0.1, -0.05) is 37.3 Å². The van der Waals surface area contributed by atoms with Crippen molar-refractivity contribution in [3.63, 3.8) is 0 Å². The van der Waals surface area contributed by atoms with Crippen LogP contribution in [-0.2, 0) is 27.2 Å². The lowest BCUT2D eigenvalue weighted by molar-refractivity contribution is -0.130. The van der Waals surface area contributed by atoms with E-state index < -0.39 is 29.7 Å². The number of carbonyl (C=O) groups excluding carboxylic acids is 3. The van der Waals surface area contributed by atoms with E-state index in [4.69, 9.17) is 4.74 Å². The van der Waals surface area contributed by atoms with Gasteiger partial charge < -0.3 is 26.0 Å². The van der Waals surface area contributed by atoms with Gasteiger partial charge in [0, 0.05) is 19.1 Å². The first-order chi connectivity index (χ1) is 18.2. The maximum Gasteiger partial charge on any atom is 0.243 e. The molecule has 1 aliphatic heterocycles. The molecule has 3 rings (SSSR count). The Labute approximate surface area is 223 Å². The van der Waals surface area contributed by atoms with E-state index in [1.807, 2.05) is 38.1 Å². The molecule has 0 aliphatic carbocycles. The Morgan fingerprint density at radius 3 is 2.53 bits per heavy atom. The summed E-state index contributed by atoms with van der Waals surface area (Å²) < 4.78 is 19.9. The van der Waals surface area contributed by atoms with Gasteiger partial charge in [-0.15, -0.1) is 0 Å². The van der Waals surface area contributed by atoms with Crippen LogP contribution in [0.2, 0.25) is 0 Å². The molecule has 5 N–H and O–H groups in total. The van der Waals surface area contributed by atoms with Crippen LogP contribution in [0.5, 0.6) is 5.75 Å². The molecule has 0 saturated heterocycles. The maximum absolute atomic E-state index is 13.8. The molecule has 2 aromatic rings. The summed E-state index contributed by atoms with van der Waals surface area (Å²) in [6.07, 6.45) is 0.903. The molecule has 206 valence electrons. The van der Waals surface area contributed by atoms with E-state index in [0.29, 0.717) is 25.1 Å². The van der Waals surface area contributed by atoms with Crippen LogP contribution in [0.25, 0.3) is 0 Å². The number of likely N-dealkylation sites (N-methyl/N-ethyl adjacent to an activating group) is 1. The molecule has 0 unspecified atom stereocenters. The van der Waals surface area contributed by atoms with E-state index in [2.05, 4.69) is 26.6 Å². The van der Waals surface area contributed by atoms with Gasteiger partial charge in [0.25, 0.3) is 0 Å². The lowest BCUT2D eigenvalue weighted by Gasteiger charge is -2.25. The summed E-state index contributed by atoms with van der Waals surface area (Å²) in [6.45, 7) is 4.60. The molecule has 3 amide bonds. The van der Waals surface area contributed by atoms with Gasteiger partial charge in [-0.2, -0.15) is 0 Å². The zero-order valence-corrected chi connectivity index (χ0v) is 22.2. The normalized spacial score (nSPS) is 24.1. The molecule has 0 fully saturated rings. The molecular formula is C28H38FN5O4. The summed E-state index contributed by atoms with van der Waals surface area (Å²) in [7, 11) is 1.69. The minimum absolute atomic E-state index is 0.124. The Kier molecular flexibility index (Phi) is 11.0. The quantitative estimate of drug-likeness (QED) is 0.404. The van der Waals surface area contributed by atoms with Crippen LogP contribution in [0.1, 0.15) is 25.0 Å². The highest BCUT2D eigenvalue weighted by atomic mass is 19.1. The van der Waals surface area contributed by atoms with Crippen molar-refractivity contribution >= 4 is 17.7 Å². The molecule has 0 saturated carbocycles. The number of benzene rings is 2. The largest absolute Gasteiger partial charge is 0.492 e. The summed E-state index contributed by atoms with van der Waals surface area (Å²) in [4.78, 5) is 38.5. The van der Waals surface area contributed by atoms with Crippen LogP contribution in [0.3, 0.4) is 0 Å². The molecule has 1 aliphatic rings. The van der Waals surface area contributed by atoms with Crippen LogP contribution in [0, 0.1) is 11.7 Å². The van der Waals surface area contributed by atoms with Crippen LogP contribution in [-0.4, -0.2) is 69.1 Å². The molecule has 0 bridgehead atoms. The first-order valence-electron chi connectivity index (χ1n) is 13.0. The second-order valence-corrected chi connectivity index (χ2v) is 9.82. The van der Waals surface area contributed by atoms with Crippen molar-refractivity contribution in [2.45, 2.75) is 44.8 Å². The number of hydrogen-bond acceptors (Lipinski definition) is 6. The van der Waals surface area contributed by atoms with Crippen LogP contribution in [0.15, 0.2) is 48.5 Å². The predicted octanol–water partition coefficient (Wildman–Crippen LogP) is 0.923. The minimum atomic E-state index is -0.799. The second kappa shape index (κ2) is 14.4. The average molecular weight is 528 g/mol. The molecule has 10 heteroatoms. The van der Waals surface area contributed by atoms with Gasteiger partial charge in [-0.3, -0.25) is 19.7 Å². The minimum Gasteiger partial charge on any atom is -0.492 e. The van der Waals surface area contributed by atoms with Crippen LogP contribution in [0.4, 0.5) is 4.39 Å². The fourth-order valence-electron chi connectivity index (χ4n) is 4.34. The molecule has 9 nitrogen and oxygen atoms in total. The van der Waals surface area contributed by atoms with Gasteiger partial charge in [0.15, 0.2) is 0 Å². The SMILES string of the molecule is CNC[C@@H]1NC(=O)CNC(=O)[C@@H](Cc2cccc(F)c2)N[C@@H](C)COc2ccccc2C[C@H](C)CNC1=O. The zero-order valence-electron chi connectivity index (χ0n) is 22.2. The van der Waals surface area contributed by atoms with Gasteiger partial charge >= 0.3 is 0 Å². The third-order valence-electron chi connectivity index (χ3n) is 6.27. The van der Waals surface area contributed by atoms with Crippen molar-refractivity contribution in [3.05, 3.63) is 65.5 Å². The number of fused-ring (bicyclic) bond motifs is 1. The van der Waals surface area contributed by atoms with E-state index in [0.717, 1.165) is 11.3 Å². The van der Waals surface area contributed by atoms with Gasteiger partial charge in [0.2, 0.25) is 17.7 Å². The molecule has 4 atom stereocenters. The summed E-state index contributed by atoms with van der Waals surface area (Å²) in [5.41, 5.74) is 1.65. The third-order valence-corrected chi connectivity index (χ3v) is 6.27. The van der Waals surface area contributed by atoms with Crippen molar-refractivity contribution < 1.29 is 23.5 Å². The predicted molar refractivity (Wildman–Crippen MR) is 143 cm³/mol. The van der Waals surface area contributed by atoms with E-state index in [9.17, 15) is 18.8 Å². The van der Waals surface area contributed by atoms with Crippen molar-refractivity contribution in [2.75, 3.05) is 33.3 Å². The number of amides is 3. The number of rotatable bonds is 4. The Morgan fingerprint density at radius 1 is 1.00 bits per heavy atom. The van der Waals surface area contributed by atoms with Crippen molar-refractivity contribution in [2.24, 2.45) is 5.92 Å². The molecule has 2 aromatic carbocycles. The van der Waals surface area contributed by atoms with Gasteiger partial charge in [-0.25, -0.2) is 4.39 Å². The summed E-state index contributed by atoms with van der Waals surface area (Å²) in [6, 6.07) is 12.0. The average Bonchev–Trinajstić information content (AvgIpc) is 2.89. The number of nitrogens with one attached hydrogen (secondary N) is 5. The topological polar surface area (TPSA) is 121 Å².